The number of aromatic nitrogens is 2. The number of nitrogens with one attached hydrogen (secondary N) is 1. The second-order valence-corrected chi connectivity index (χ2v) is 4.23. The van der Waals surface area contributed by atoms with E-state index >= 15 is 0 Å². The zero-order chi connectivity index (χ0) is 11.4. The van der Waals surface area contributed by atoms with Gasteiger partial charge in [0.15, 0.2) is 0 Å². The summed E-state index contributed by atoms with van der Waals surface area (Å²) in [6.45, 7) is 0.561. The average molecular weight is 238 g/mol. The highest BCUT2D eigenvalue weighted by atomic mass is 32.1. The largest absolute Gasteiger partial charge is 0.330 e. The van der Waals surface area contributed by atoms with Crippen LogP contribution in [0.4, 0.5) is 15.2 Å². The van der Waals surface area contributed by atoms with Crippen molar-refractivity contribution in [1.29, 1.82) is 0 Å². The summed E-state index contributed by atoms with van der Waals surface area (Å²) in [6.07, 6.45) is 0.725. The van der Waals surface area contributed by atoms with Crippen molar-refractivity contribution in [2.24, 2.45) is 5.73 Å². The van der Waals surface area contributed by atoms with E-state index in [0.717, 1.165) is 17.1 Å². The average Bonchev–Trinajstić information content (AvgIpc) is 2.70. The summed E-state index contributed by atoms with van der Waals surface area (Å²) in [5.41, 5.74) is 6.20. The third-order valence-electron chi connectivity index (χ3n) is 1.92. The van der Waals surface area contributed by atoms with Gasteiger partial charge in [-0.2, -0.15) is 0 Å². The van der Waals surface area contributed by atoms with Crippen molar-refractivity contribution in [2.75, 3.05) is 11.9 Å². The van der Waals surface area contributed by atoms with Gasteiger partial charge in [-0.1, -0.05) is 11.3 Å². The van der Waals surface area contributed by atoms with Gasteiger partial charge in [0.2, 0.25) is 5.13 Å². The van der Waals surface area contributed by atoms with E-state index in [9.17, 15) is 4.39 Å². The first-order chi connectivity index (χ1) is 7.78. The van der Waals surface area contributed by atoms with Crippen LogP contribution in [-0.4, -0.2) is 16.7 Å². The predicted molar refractivity (Wildman–Crippen MR) is 62.4 cm³/mol. The van der Waals surface area contributed by atoms with Crippen molar-refractivity contribution in [1.82, 2.24) is 10.2 Å². The molecule has 0 fully saturated rings. The van der Waals surface area contributed by atoms with E-state index in [1.165, 1.54) is 23.5 Å². The predicted octanol–water partition coefficient (Wildman–Crippen LogP) is 1.92. The molecule has 1 aromatic carbocycles. The summed E-state index contributed by atoms with van der Waals surface area (Å²) in [4.78, 5) is 0. The maximum absolute atomic E-state index is 12.7. The van der Waals surface area contributed by atoms with Crippen molar-refractivity contribution >= 4 is 22.2 Å². The molecule has 0 aliphatic carbocycles. The fraction of sp³-hybridized carbons (Fsp3) is 0.200. The van der Waals surface area contributed by atoms with E-state index in [-0.39, 0.29) is 5.82 Å². The smallest absolute Gasteiger partial charge is 0.210 e. The summed E-state index contributed by atoms with van der Waals surface area (Å²) in [7, 11) is 0. The number of halogens is 1. The van der Waals surface area contributed by atoms with E-state index in [0.29, 0.717) is 11.7 Å². The van der Waals surface area contributed by atoms with Crippen LogP contribution in [0, 0.1) is 5.82 Å². The first kappa shape index (κ1) is 11.0. The van der Waals surface area contributed by atoms with Gasteiger partial charge in [-0.25, -0.2) is 4.39 Å². The summed E-state index contributed by atoms with van der Waals surface area (Å²) in [5, 5.41) is 12.6. The summed E-state index contributed by atoms with van der Waals surface area (Å²) < 4.78 is 12.7. The second-order valence-electron chi connectivity index (χ2n) is 3.17. The van der Waals surface area contributed by atoms with E-state index in [1.54, 1.807) is 12.1 Å². The van der Waals surface area contributed by atoms with Crippen LogP contribution in [0.3, 0.4) is 0 Å². The van der Waals surface area contributed by atoms with Crippen LogP contribution in [0.25, 0.3) is 0 Å². The minimum atomic E-state index is -0.258. The van der Waals surface area contributed by atoms with Crippen LogP contribution in [0.1, 0.15) is 5.01 Å². The highest BCUT2D eigenvalue weighted by Gasteiger charge is 2.03. The SMILES string of the molecule is NCCc1nnc(Nc2ccc(F)cc2)s1. The monoisotopic (exact) mass is 238 g/mol. The molecule has 0 aliphatic rings. The Morgan fingerprint density at radius 1 is 1.25 bits per heavy atom. The molecule has 0 radical (unpaired) electrons. The van der Waals surface area contributed by atoms with Gasteiger partial charge >= 0.3 is 0 Å². The second kappa shape index (κ2) is 5.00. The van der Waals surface area contributed by atoms with Crippen molar-refractivity contribution in [3.63, 3.8) is 0 Å². The maximum Gasteiger partial charge on any atom is 0.210 e. The molecule has 0 bridgehead atoms. The number of nitrogens with zero attached hydrogens (tertiary/aromatic N) is 2. The summed E-state index contributed by atoms with van der Waals surface area (Å²) in [6, 6.07) is 6.09. The number of hydrogen-bond acceptors (Lipinski definition) is 5. The van der Waals surface area contributed by atoms with Gasteiger partial charge in [0.1, 0.15) is 10.8 Å². The lowest BCUT2D eigenvalue weighted by Gasteiger charge is -2.00. The molecule has 0 aliphatic heterocycles. The molecule has 0 unspecified atom stereocenters. The number of hydrogen-bond donors (Lipinski definition) is 2. The molecule has 0 spiro atoms. The van der Waals surface area contributed by atoms with Crippen molar-refractivity contribution in [3.05, 3.63) is 35.1 Å². The number of anilines is 2. The van der Waals surface area contributed by atoms with Crippen LogP contribution < -0.4 is 11.1 Å². The van der Waals surface area contributed by atoms with Crippen molar-refractivity contribution < 1.29 is 4.39 Å². The Morgan fingerprint density at radius 3 is 2.69 bits per heavy atom. The zero-order valence-corrected chi connectivity index (χ0v) is 9.30. The highest BCUT2D eigenvalue weighted by molar-refractivity contribution is 7.15. The molecule has 4 nitrogen and oxygen atoms in total. The van der Waals surface area contributed by atoms with Crippen molar-refractivity contribution in [3.8, 4) is 0 Å². The first-order valence-electron chi connectivity index (χ1n) is 4.83. The molecule has 0 amide bonds. The molecular formula is C10H11FN4S. The lowest BCUT2D eigenvalue weighted by Crippen LogP contribution is -2.01. The van der Waals surface area contributed by atoms with Gasteiger partial charge in [-0.15, -0.1) is 10.2 Å². The van der Waals surface area contributed by atoms with Crippen LogP contribution in [-0.2, 0) is 6.42 Å². The topological polar surface area (TPSA) is 63.8 Å². The normalized spacial score (nSPS) is 10.4. The van der Waals surface area contributed by atoms with Gasteiger partial charge in [0.05, 0.1) is 0 Å². The molecule has 84 valence electrons. The Hall–Kier alpha value is -1.53. The highest BCUT2D eigenvalue weighted by Crippen LogP contribution is 2.20. The lowest BCUT2D eigenvalue weighted by atomic mass is 10.3. The van der Waals surface area contributed by atoms with E-state index in [4.69, 9.17) is 5.73 Å². The Bertz CT molecular complexity index is 454. The van der Waals surface area contributed by atoms with E-state index in [2.05, 4.69) is 15.5 Å². The van der Waals surface area contributed by atoms with Gasteiger partial charge in [-0.05, 0) is 30.8 Å². The van der Waals surface area contributed by atoms with Gasteiger partial charge in [-0.3, -0.25) is 0 Å². The van der Waals surface area contributed by atoms with E-state index < -0.39 is 0 Å². The zero-order valence-electron chi connectivity index (χ0n) is 8.48. The van der Waals surface area contributed by atoms with E-state index in [1.807, 2.05) is 0 Å². The quantitative estimate of drug-likeness (QED) is 0.854. The summed E-state index contributed by atoms with van der Waals surface area (Å²) >= 11 is 1.45. The number of nitrogens with two attached hydrogens (primary N) is 1. The van der Waals surface area contributed by atoms with Gasteiger partial charge in [0, 0.05) is 12.1 Å². The first-order valence-corrected chi connectivity index (χ1v) is 5.64. The maximum atomic E-state index is 12.7. The molecule has 0 saturated carbocycles. The molecule has 1 heterocycles. The molecule has 6 heteroatoms. The van der Waals surface area contributed by atoms with Gasteiger partial charge in [0.25, 0.3) is 0 Å². The molecule has 2 aromatic rings. The third kappa shape index (κ3) is 2.74. The molecule has 0 saturated heterocycles. The molecule has 1 aromatic heterocycles. The van der Waals surface area contributed by atoms with Crippen molar-refractivity contribution in [2.45, 2.75) is 6.42 Å². The molecule has 2 rings (SSSR count). The molecule has 16 heavy (non-hydrogen) atoms. The Kier molecular flexibility index (Phi) is 3.43. The Morgan fingerprint density at radius 2 is 2.00 bits per heavy atom. The van der Waals surface area contributed by atoms with Crippen LogP contribution in [0.15, 0.2) is 24.3 Å². The fourth-order valence-electron chi connectivity index (χ4n) is 1.19. The van der Waals surface area contributed by atoms with Crippen LogP contribution in [0.2, 0.25) is 0 Å². The van der Waals surface area contributed by atoms with Gasteiger partial charge < -0.3 is 11.1 Å². The number of benzene rings is 1. The third-order valence-corrected chi connectivity index (χ3v) is 2.82. The fourth-order valence-corrected chi connectivity index (χ4v) is 1.96. The minimum Gasteiger partial charge on any atom is -0.330 e. The molecular weight excluding hydrogens is 227 g/mol. The Balaban J connectivity index is 2.05. The molecule has 3 N–H and O–H groups in total. The lowest BCUT2D eigenvalue weighted by molar-refractivity contribution is 0.628. The Labute approximate surface area is 96.3 Å². The van der Waals surface area contributed by atoms with Crippen LogP contribution in [0.5, 0.6) is 0 Å². The minimum absolute atomic E-state index is 0.258. The number of rotatable bonds is 4. The summed E-state index contributed by atoms with van der Waals surface area (Å²) in [5.74, 6) is -0.258. The standard InChI is InChI=1S/C10H11FN4S/c11-7-1-3-8(4-2-7)13-10-15-14-9(16-10)5-6-12/h1-4H,5-6,12H2,(H,13,15). The van der Waals surface area contributed by atoms with Crippen LogP contribution >= 0.6 is 11.3 Å². The molecule has 0 atom stereocenters.